The highest BCUT2D eigenvalue weighted by Gasteiger charge is 2.14. The summed E-state index contributed by atoms with van der Waals surface area (Å²) in [7, 11) is 0. The van der Waals surface area contributed by atoms with Crippen molar-refractivity contribution in [2.45, 2.75) is 6.92 Å². The van der Waals surface area contributed by atoms with E-state index in [1.54, 1.807) is 25.1 Å². The van der Waals surface area contributed by atoms with Gasteiger partial charge in [0.1, 0.15) is 11.6 Å². The molecule has 0 aliphatic rings. The maximum atomic E-state index is 13.6. The van der Waals surface area contributed by atoms with Crippen LogP contribution in [-0.2, 0) is 0 Å². The van der Waals surface area contributed by atoms with E-state index in [-0.39, 0.29) is 11.4 Å². The Balaban J connectivity index is 2.33. The molecule has 0 aliphatic heterocycles. The van der Waals surface area contributed by atoms with Gasteiger partial charge in [0.15, 0.2) is 0 Å². The lowest BCUT2D eigenvalue weighted by molar-refractivity contribution is 0.102. The molecule has 0 spiro atoms. The van der Waals surface area contributed by atoms with Gasteiger partial charge in [-0.2, -0.15) is 0 Å². The second kappa shape index (κ2) is 5.46. The molecule has 0 saturated carbocycles. The molecule has 0 fully saturated rings. The monoisotopic (exact) mass is 296 g/mol. The van der Waals surface area contributed by atoms with Gasteiger partial charge >= 0.3 is 0 Å². The minimum absolute atomic E-state index is 0.187. The number of hydrogen-bond donors (Lipinski definition) is 2. The lowest BCUT2D eigenvalue weighted by atomic mass is 10.1. The molecule has 0 heterocycles. The van der Waals surface area contributed by atoms with Gasteiger partial charge in [0.05, 0.1) is 11.4 Å². The van der Waals surface area contributed by atoms with Crippen LogP contribution in [0.2, 0.25) is 5.02 Å². The molecule has 2 aromatic rings. The fraction of sp³-hybridized carbons (Fsp3) is 0.0714. The summed E-state index contributed by atoms with van der Waals surface area (Å²) in [5.74, 6) is -2.32. The number of amides is 1. The highest BCUT2D eigenvalue weighted by atomic mass is 35.5. The van der Waals surface area contributed by atoms with E-state index in [0.29, 0.717) is 22.2 Å². The van der Waals surface area contributed by atoms with E-state index in [0.717, 1.165) is 6.07 Å². The third-order valence-electron chi connectivity index (χ3n) is 2.85. The van der Waals surface area contributed by atoms with E-state index >= 15 is 0 Å². The first-order valence-electron chi connectivity index (χ1n) is 5.71. The Morgan fingerprint density at radius 2 is 1.95 bits per heavy atom. The minimum atomic E-state index is -0.898. The van der Waals surface area contributed by atoms with Crippen LogP contribution in [0.15, 0.2) is 30.3 Å². The van der Waals surface area contributed by atoms with Crippen molar-refractivity contribution in [3.05, 3.63) is 58.1 Å². The van der Waals surface area contributed by atoms with Gasteiger partial charge in [0, 0.05) is 16.7 Å². The number of hydrogen-bond acceptors (Lipinski definition) is 2. The number of nitrogen functional groups attached to an aromatic ring is 1. The average molecular weight is 297 g/mol. The normalized spacial score (nSPS) is 10.4. The maximum Gasteiger partial charge on any atom is 0.256 e. The predicted octanol–water partition coefficient (Wildman–Crippen LogP) is 3.76. The number of benzene rings is 2. The topological polar surface area (TPSA) is 55.1 Å². The lowest BCUT2D eigenvalue weighted by Gasteiger charge is -2.10. The van der Waals surface area contributed by atoms with Gasteiger partial charge in [-0.05, 0) is 30.7 Å². The van der Waals surface area contributed by atoms with Crippen molar-refractivity contribution >= 4 is 28.9 Å². The summed E-state index contributed by atoms with van der Waals surface area (Å²) in [4.78, 5) is 12.1. The highest BCUT2D eigenvalue weighted by molar-refractivity contribution is 6.32. The van der Waals surface area contributed by atoms with Gasteiger partial charge in [0.2, 0.25) is 0 Å². The van der Waals surface area contributed by atoms with Gasteiger partial charge in [-0.1, -0.05) is 17.7 Å². The average Bonchev–Trinajstić information content (AvgIpc) is 2.39. The van der Waals surface area contributed by atoms with Crippen LogP contribution in [-0.4, -0.2) is 5.91 Å². The standard InChI is InChI=1S/C14H11ClF2N2O/c1-7-8(3-2-4-9(7)15)14(20)19-13-6-12(18)10(16)5-11(13)17/h2-6H,18H2,1H3,(H,19,20). The number of halogens is 3. The minimum Gasteiger partial charge on any atom is -0.396 e. The Labute approximate surface area is 119 Å². The quantitative estimate of drug-likeness (QED) is 0.829. The molecule has 0 saturated heterocycles. The number of rotatable bonds is 2. The Kier molecular flexibility index (Phi) is 3.90. The molecule has 2 rings (SSSR count). The van der Waals surface area contributed by atoms with Crippen LogP contribution in [0.4, 0.5) is 20.2 Å². The van der Waals surface area contributed by atoms with Crippen LogP contribution >= 0.6 is 11.6 Å². The first kappa shape index (κ1) is 14.3. The Morgan fingerprint density at radius 1 is 1.25 bits per heavy atom. The summed E-state index contributed by atoms with van der Waals surface area (Å²) >= 11 is 5.91. The maximum absolute atomic E-state index is 13.6. The number of nitrogens with two attached hydrogens (primary N) is 1. The molecule has 0 atom stereocenters. The number of carbonyl (C=O) groups excluding carboxylic acids is 1. The van der Waals surface area contributed by atoms with Gasteiger partial charge in [0.25, 0.3) is 5.91 Å². The summed E-state index contributed by atoms with van der Waals surface area (Å²) in [5.41, 5.74) is 5.79. The van der Waals surface area contributed by atoms with Crippen molar-refractivity contribution < 1.29 is 13.6 Å². The summed E-state index contributed by atoms with van der Waals surface area (Å²) in [6, 6.07) is 6.46. The SMILES string of the molecule is Cc1c(Cl)cccc1C(=O)Nc1cc(N)c(F)cc1F. The van der Waals surface area contributed by atoms with E-state index in [4.69, 9.17) is 17.3 Å². The van der Waals surface area contributed by atoms with Crippen molar-refractivity contribution in [3.8, 4) is 0 Å². The molecule has 0 aliphatic carbocycles. The molecule has 0 unspecified atom stereocenters. The first-order chi connectivity index (χ1) is 9.40. The van der Waals surface area contributed by atoms with Gasteiger partial charge in [-0.25, -0.2) is 8.78 Å². The molecule has 104 valence electrons. The van der Waals surface area contributed by atoms with Crippen molar-refractivity contribution in [1.82, 2.24) is 0 Å². The molecular formula is C14H11ClF2N2O. The number of anilines is 2. The largest absolute Gasteiger partial charge is 0.396 e. The van der Waals surface area contributed by atoms with Crippen LogP contribution in [0.25, 0.3) is 0 Å². The Bertz CT molecular complexity index is 689. The first-order valence-corrected chi connectivity index (χ1v) is 6.09. The summed E-state index contributed by atoms with van der Waals surface area (Å²) in [6.45, 7) is 1.67. The zero-order chi connectivity index (χ0) is 14.9. The van der Waals surface area contributed by atoms with Gasteiger partial charge < -0.3 is 11.1 Å². The van der Waals surface area contributed by atoms with Crippen molar-refractivity contribution in [2.24, 2.45) is 0 Å². The number of nitrogens with one attached hydrogen (secondary N) is 1. The fourth-order valence-electron chi connectivity index (χ4n) is 1.70. The molecule has 0 bridgehead atoms. The van der Waals surface area contributed by atoms with Gasteiger partial charge in [-0.15, -0.1) is 0 Å². The predicted molar refractivity (Wildman–Crippen MR) is 74.9 cm³/mol. The second-order valence-corrected chi connectivity index (χ2v) is 4.63. The van der Waals surface area contributed by atoms with Crippen molar-refractivity contribution in [1.29, 1.82) is 0 Å². The van der Waals surface area contributed by atoms with Crippen molar-refractivity contribution in [3.63, 3.8) is 0 Å². The molecule has 3 N–H and O–H groups in total. The van der Waals surface area contributed by atoms with E-state index in [1.165, 1.54) is 0 Å². The molecule has 2 aromatic carbocycles. The summed E-state index contributed by atoms with van der Waals surface area (Å²) in [6.07, 6.45) is 0. The third kappa shape index (κ3) is 2.72. The van der Waals surface area contributed by atoms with Crippen LogP contribution in [0.1, 0.15) is 15.9 Å². The molecular weight excluding hydrogens is 286 g/mol. The van der Waals surface area contributed by atoms with Crippen LogP contribution in [0.5, 0.6) is 0 Å². The summed E-state index contributed by atoms with van der Waals surface area (Å²) in [5, 5.41) is 2.77. The fourth-order valence-corrected chi connectivity index (χ4v) is 1.88. The van der Waals surface area contributed by atoms with Crippen LogP contribution in [0.3, 0.4) is 0 Å². The van der Waals surface area contributed by atoms with Crippen LogP contribution in [0, 0.1) is 18.6 Å². The lowest BCUT2D eigenvalue weighted by Crippen LogP contribution is -2.15. The third-order valence-corrected chi connectivity index (χ3v) is 3.26. The zero-order valence-electron chi connectivity index (χ0n) is 10.5. The second-order valence-electron chi connectivity index (χ2n) is 4.22. The van der Waals surface area contributed by atoms with Crippen LogP contribution < -0.4 is 11.1 Å². The molecule has 3 nitrogen and oxygen atoms in total. The Hall–Kier alpha value is -2.14. The highest BCUT2D eigenvalue weighted by Crippen LogP contribution is 2.23. The molecule has 1 amide bonds. The molecule has 6 heteroatoms. The van der Waals surface area contributed by atoms with E-state index in [9.17, 15) is 13.6 Å². The van der Waals surface area contributed by atoms with Gasteiger partial charge in [-0.3, -0.25) is 4.79 Å². The number of carbonyl (C=O) groups is 1. The van der Waals surface area contributed by atoms with E-state index < -0.39 is 17.5 Å². The molecule has 0 aromatic heterocycles. The summed E-state index contributed by atoms with van der Waals surface area (Å²) < 4.78 is 26.6. The smallest absolute Gasteiger partial charge is 0.256 e. The van der Waals surface area contributed by atoms with E-state index in [2.05, 4.69) is 5.32 Å². The zero-order valence-corrected chi connectivity index (χ0v) is 11.3. The van der Waals surface area contributed by atoms with E-state index in [1.807, 2.05) is 0 Å². The molecule has 20 heavy (non-hydrogen) atoms. The van der Waals surface area contributed by atoms with Crippen molar-refractivity contribution in [2.75, 3.05) is 11.1 Å². The molecule has 0 radical (unpaired) electrons. The Morgan fingerprint density at radius 3 is 2.65 bits per heavy atom.